The first-order valence-corrected chi connectivity index (χ1v) is 11.1. The molecular weight excluding hydrogens is 394 g/mol. The van der Waals surface area contributed by atoms with Crippen molar-refractivity contribution in [3.63, 3.8) is 0 Å². The van der Waals surface area contributed by atoms with Crippen molar-refractivity contribution in [2.45, 2.75) is 19.5 Å². The summed E-state index contributed by atoms with van der Waals surface area (Å²) >= 11 is 1.52. The number of aromatic nitrogens is 3. The van der Waals surface area contributed by atoms with E-state index in [9.17, 15) is 5.11 Å². The van der Waals surface area contributed by atoms with E-state index in [1.807, 2.05) is 0 Å². The third-order valence-corrected chi connectivity index (χ3v) is 6.89. The summed E-state index contributed by atoms with van der Waals surface area (Å²) in [4.78, 5) is 10.9. The first kappa shape index (κ1) is 19.2. The molecule has 7 heteroatoms. The Balaban J connectivity index is 1.40. The summed E-state index contributed by atoms with van der Waals surface area (Å²) in [6.45, 7) is 6.96. The lowest BCUT2D eigenvalue weighted by molar-refractivity contribution is 0.105. The molecule has 0 spiro atoms. The molecule has 154 valence electrons. The molecule has 30 heavy (non-hydrogen) atoms. The van der Waals surface area contributed by atoms with E-state index in [0.29, 0.717) is 0 Å². The second-order valence-electron chi connectivity index (χ2n) is 7.86. The molecule has 1 aliphatic heterocycles. The molecule has 0 bridgehead atoms. The summed E-state index contributed by atoms with van der Waals surface area (Å²) < 4.78 is 1.53. The average molecular weight is 420 g/mol. The number of rotatable bonds is 5. The van der Waals surface area contributed by atoms with Gasteiger partial charge in [0.05, 0.1) is 10.9 Å². The quantitative estimate of drug-likeness (QED) is 0.534. The van der Waals surface area contributed by atoms with Crippen LogP contribution < -0.4 is 0 Å². The lowest BCUT2D eigenvalue weighted by Crippen LogP contribution is -2.47. The highest BCUT2D eigenvalue weighted by molar-refractivity contribution is 7.17. The fourth-order valence-corrected chi connectivity index (χ4v) is 5.26. The highest BCUT2D eigenvalue weighted by Gasteiger charge is 2.31. The van der Waals surface area contributed by atoms with Crippen LogP contribution in [0.2, 0.25) is 0 Å². The second-order valence-corrected chi connectivity index (χ2v) is 8.86. The Labute approximate surface area is 180 Å². The van der Waals surface area contributed by atoms with Crippen molar-refractivity contribution in [2.75, 3.05) is 26.2 Å². The van der Waals surface area contributed by atoms with Gasteiger partial charge in [-0.1, -0.05) is 71.5 Å². The first-order chi connectivity index (χ1) is 14.7. The third-order valence-electron chi connectivity index (χ3n) is 5.80. The van der Waals surface area contributed by atoms with E-state index in [4.69, 9.17) is 0 Å². The normalized spacial score (nSPS) is 16.8. The Bertz CT molecular complexity index is 1110. The van der Waals surface area contributed by atoms with Crippen LogP contribution in [0.5, 0.6) is 5.88 Å². The lowest BCUT2D eigenvalue weighted by Gasteiger charge is -2.39. The van der Waals surface area contributed by atoms with Gasteiger partial charge in [0.15, 0.2) is 0 Å². The molecule has 1 N–H and O–H groups in total. The zero-order valence-electron chi connectivity index (χ0n) is 17.0. The van der Waals surface area contributed by atoms with Gasteiger partial charge in [-0.05, 0) is 18.1 Å². The number of benzene rings is 2. The largest absolute Gasteiger partial charge is 0.492 e. The molecule has 1 aliphatic rings. The monoisotopic (exact) mass is 419 g/mol. The van der Waals surface area contributed by atoms with E-state index in [-0.39, 0.29) is 11.9 Å². The molecule has 5 rings (SSSR count). The van der Waals surface area contributed by atoms with E-state index in [2.05, 4.69) is 81.4 Å². The number of aryl methyl sites for hydroxylation is 1. The van der Waals surface area contributed by atoms with E-state index >= 15 is 0 Å². The molecular formula is C23H25N5OS. The molecule has 4 aromatic rings. The fourth-order valence-electron chi connectivity index (χ4n) is 4.17. The van der Waals surface area contributed by atoms with Crippen molar-refractivity contribution in [1.82, 2.24) is 24.4 Å². The number of thiazole rings is 1. The van der Waals surface area contributed by atoms with Crippen molar-refractivity contribution in [3.8, 4) is 5.88 Å². The molecule has 1 atom stereocenters. The number of nitrogens with zero attached hydrogens (tertiary/aromatic N) is 5. The summed E-state index contributed by atoms with van der Waals surface area (Å²) in [5.41, 5.74) is 3.78. The van der Waals surface area contributed by atoms with E-state index in [1.165, 1.54) is 38.9 Å². The predicted molar refractivity (Wildman–Crippen MR) is 119 cm³/mol. The highest BCUT2D eigenvalue weighted by atomic mass is 32.1. The topological polar surface area (TPSA) is 56.9 Å². The summed E-state index contributed by atoms with van der Waals surface area (Å²) in [6, 6.07) is 19.3. The van der Waals surface area contributed by atoms with Crippen molar-refractivity contribution in [2.24, 2.45) is 0 Å². The van der Waals surface area contributed by atoms with Crippen LogP contribution in [0.4, 0.5) is 0 Å². The Morgan fingerprint density at radius 2 is 1.73 bits per heavy atom. The number of hydrogen-bond donors (Lipinski definition) is 1. The minimum Gasteiger partial charge on any atom is -0.492 e. The summed E-state index contributed by atoms with van der Waals surface area (Å²) in [7, 11) is 0. The molecule has 6 nitrogen and oxygen atoms in total. The van der Waals surface area contributed by atoms with Crippen LogP contribution in [-0.4, -0.2) is 55.7 Å². The van der Waals surface area contributed by atoms with Gasteiger partial charge in [0.2, 0.25) is 10.8 Å². The average Bonchev–Trinajstić information content (AvgIpc) is 3.35. The Kier molecular flexibility index (Phi) is 5.25. The Hall–Kier alpha value is -2.74. The predicted octanol–water partition coefficient (Wildman–Crippen LogP) is 3.71. The maximum Gasteiger partial charge on any atom is 0.230 e. The molecule has 0 saturated carbocycles. The molecule has 1 unspecified atom stereocenters. The minimum absolute atomic E-state index is 0.00187. The molecule has 3 heterocycles. The summed E-state index contributed by atoms with van der Waals surface area (Å²) in [6.07, 6.45) is 1.48. The second kappa shape index (κ2) is 8.18. The van der Waals surface area contributed by atoms with Crippen LogP contribution in [0.15, 0.2) is 60.9 Å². The van der Waals surface area contributed by atoms with E-state index in [1.54, 1.807) is 0 Å². The number of piperazine rings is 1. The van der Waals surface area contributed by atoms with Gasteiger partial charge in [-0.25, -0.2) is 4.98 Å². The first-order valence-electron chi connectivity index (χ1n) is 10.3. The van der Waals surface area contributed by atoms with Crippen molar-refractivity contribution in [1.29, 1.82) is 0 Å². The van der Waals surface area contributed by atoms with Crippen molar-refractivity contribution >= 4 is 16.3 Å². The van der Waals surface area contributed by atoms with Gasteiger partial charge in [-0.2, -0.15) is 9.61 Å². The van der Waals surface area contributed by atoms with Gasteiger partial charge in [-0.3, -0.25) is 9.80 Å². The van der Waals surface area contributed by atoms with Crippen LogP contribution >= 0.6 is 11.3 Å². The summed E-state index contributed by atoms with van der Waals surface area (Å²) in [5.74, 6) is 0.199. The minimum atomic E-state index is -0.00187. The number of aromatic hydroxyl groups is 1. The maximum absolute atomic E-state index is 10.9. The molecule has 1 fully saturated rings. The van der Waals surface area contributed by atoms with Crippen LogP contribution in [-0.2, 0) is 6.54 Å². The zero-order valence-corrected chi connectivity index (χ0v) is 17.8. The Morgan fingerprint density at radius 3 is 2.43 bits per heavy atom. The van der Waals surface area contributed by atoms with Crippen molar-refractivity contribution < 1.29 is 5.11 Å². The standard InChI is InChI=1S/C23H25N5OS/c1-17-7-9-19(10-8-17)20(21-22(29)28-23(30-21)24-16-25-28)27-13-11-26(12-14-27)15-18-5-3-2-4-6-18/h2-10,16,20,29H,11-15H2,1H3. The number of hydrogen-bond acceptors (Lipinski definition) is 6. The lowest BCUT2D eigenvalue weighted by atomic mass is 10.0. The van der Waals surface area contributed by atoms with Crippen LogP contribution in [0.1, 0.15) is 27.6 Å². The molecule has 2 aromatic heterocycles. The van der Waals surface area contributed by atoms with Crippen LogP contribution in [0.3, 0.4) is 0 Å². The van der Waals surface area contributed by atoms with E-state index < -0.39 is 0 Å². The number of fused-ring (bicyclic) bond motifs is 1. The van der Waals surface area contributed by atoms with Gasteiger partial charge >= 0.3 is 0 Å². The SMILES string of the molecule is Cc1ccc(C(c2sc3ncnn3c2O)N2CCN(Cc3ccccc3)CC2)cc1. The fraction of sp³-hybridized carbons (Fsp3) is 0.304. The van der Waals surface area contributed by atoms with Gasteiger partial charge in [0, 0.05) is 32.7 Å². The van der Waals surface area contributed by atoms with Crippen LogP contribution in [0.25, 0.3) is 4.96 Å². The van der Waals surface area contributed by atoms with E-state index in [0.717, 1.165) is 42.6 Å². The molecule has 0 radical (unpaired) electrons. The maximum atomic E-state index is 10.9. The molecule has 0 aliphatic carbocycles. The van der Waals surface area contributed by atoms with Crippen molar-refractivity contribution in [3.05, 3.63) is 82.5 Å². The Morgan fingerprint density at radius 1 is 1.00 bits per heavy atom. The smallest absolute Gasteiger partial charge is 0.230 e. The molecule has 1 saturated heterocycles. The van der Waals surface area contributed by atoms with Gasteiger partial charge in [0.1, 0.15) is 6.33 Å². The van der Waals surface area contributed by atoms with Gasteiger partial charge in [-0.15, -0.1) is 0 Å². The van der Waals surface area contributed by atoms with Gasteiger partial charge < -0.3 is 5.11 Å². The molecule has 0 amide bonds. The van der Waals surface area contributed by atoms with Crippen LogP contribution in [0, 0.1) is 6.92 Å². The highest BCUT2D eigenvalue weighted by Crippen LogP contribution is 2.40. The zero-order chi connectivity index (χ0) is 20.5. The van der Waals surface area contributed by atoms with Gasteiger partial charge in [0.25, 0.3) is 0 Å². The summed E-state index contributed by atoms with van der Waals surface area (Å²) in [5, 5.41) is 15.0. The molecule has 2 aromatic carbocycles. The third kappa shape index (κ3) is 3.71.